The van der Waals surface area contributed by atoms with Crippen LogP contribution in [-0.2, 0) is 4.79 Å². The number of hydrogen-bond donors (Lipinski definition) is 3. The summed E-state index contributed by atoms with van der Waals surface area (Å²) in [6.45, 7) is 4.00. The van der Waals surface area contributed by atoms with Crippen molar-refractivity contribution in [2.75, 3.05) is 13.2 Å². The fraction of sp³-hybridized carbons (Fsp3) is 0.500. The third kappa shape index (κ3) is 6.06. The molecule has 0 saturated carbocycles. The molecule has 112 valence electrons. The molecule has 1 amide bonds. The molecule has 20 heavy (non-hydrogen) atoms. The number of carbonyl (C=O) groups excluding carboxylic acids is 1. The lowest BCUT2D eigenvalue weighted by Gasteiger charge is -2.17. The Morgan fingerprint density at radius 1 is 1.40 bits per heavy atom. The second-order valence-corrected chi connectivity index (χ2v) is 6.18. The van der Waals surface area contributed by atoms with Gasteiger partial charge in [-0.15, -0.1) is 0 Å². The first-order chi connectivity index (χ1) is 9.40. The highest BCUT2D eigenvalue weighted by atomic mass is 127. The molecular weight excluding hydrogens is 371 g/mol. The summed E-state index contributed by atoms with van der Waals surface area (Å²) in [7, 11) is 0. The van der Waals surface area contributed by atoms with E-state index in [1.165, 1.54) is 0 Å². The van der Waals surface area contributed by atoms with Crippen LogP contribution in [0.2, 0.25) is 0 Å². The van der Waals surface area contributed by atoms with Gasteiger partial charge in [-0.05, 0) is 52.8 Å². The van der Waals surface area contributed by atoms with Gasteiger partial charge < -0.3 is 20.9 Å². The summed E-state index contributed by atoms with van der Waals surface area (Å²) < 4.78 is 6.54. The summed E-state index contributed by atoms with van der Waals surface area (Å²) >= 11 is 2.21. The van der Waals surface area contributed by atoms with E-state index in [-0.39, 0.29) is 25.0 Å². The minimum absolute atomic E-state index is 0.0650. The van der Waals surface area contributed by atoms with Crippen molar-refractivity contribution < 1.29 is 14.6 Å². The minimum atomic E-state index is -0.766. The zero-order valence-corrected chi connectivity index (χ0v) is 13.8. The van der Waals surface area contributed by atoms with Gasteiger partial charge in [0.1, 0.15) is 18.5 Å². The third-order valence-electron chi connectivity index (χ3n) is 2.79. The molecule has 0 aliphatic heterocycles. The van der Waals surface area contributed by atoms with Crippen molar-refractivity contribution in [2.24, 2.45) is 11.7 Å². The Labute approximate surface area is 133 Å². The van der Waals surface area contributed by atoms with Crippen LogP contribution in [0.3, 0.4) is 0 Å². The Bertz CT molecular complexity index is 423. The number of benzene rings is 1. The van der Waals surface area contributed by atoms with E-state index in [0.29, 0.717) is 5.75 Å². The Morgan fingerprint density at radius 2 is 2.00 bits per heavy atom. The van der Waals surface area contributed by atoms with Gasteiger partial charge >= 0.3 is 0 Å². The summed E-state index contributed by atoms with van der Waals surface area (Å²) in [6.07, 6.45) is -0.766. The van der Waals surface area contributed by atoms with Gasteiger partial charge in [0.2, 0.25) is 5.91 Å². The maximum atomic E-state index is 11.6. The van der Waals surface area contributed by atoms with Gasteiger partial charge in [-0.1, -0.05) is 13.8 Å². The summed E-state index contributed by atoms with van der Waals surface area (Å²) in [5, 5.41) is 12.4. The summed E-state index contributed by atoms with van der Waals surface area (Å²) in [6, 6.07) is 6.96. The topological polar surface area (TPSA) is 84.6 Å². The van der Waals surface area contributed by atoms with E-state index in [0.717, 1.165) is 3.57 Å². The van der Waals surface area contributed by atoms with Gasteiger partial charge in [0.15, 0.2) is 0 Å². The van der Waals surface area contributed by atoms with Crippen LogP contribution in [0.25, 0.3) is 0 Å². The predicted molar refractivity (Wildman–Crippen MR) is 86.5 cm³/mol. The number of carbonyl (C=O) groups is 1. The molecule has 1 aromatic rings. The van der Waals surface area contributed by atoms with Crippen LogP contribution in [-0.4, -0.2) is 36.3 Å². The highest BCUT2D eigenvalue weighted by molar-refractivity contribution is 14.1. The summed E-state index contributed by atoms with van der Waals surface area (Å²) in [4.78, 5) is 11.6. The molecule has 0 saturated heterocycles. The highest BCUT2D eigenvalue weighted by Crippen LogP contribution is 2.13. The van der Waals surface area contributed by atoms with Gasteiger partial charge in [-0.2, -0.15) is 0 Å². The quantitative estimate of drug-likeness (QED) is 0.608. The number of halogens is 1. The maximum absolute atomic E-state index is 11.6. The number of nitrogens with two attached hydrogens (primary N) is 1. The van der Waals surface area contributed by atoms with E-state index in [1.54, 1.807) is 0 Å². The fourth-order valence-electron chi connectivity index (χ4n) is 1.42. The SMILES string of the molecule is CC(C)[C@H](N)C(=O)NCC(O)COc1ccc(I)cc1. The number of amides is 1. The summed E-state index contributed by atoms with van der Waals surface area (Å²) in [5.41, 5.74) is 5.70. The average molecular weight is 392 g/mol. The largest absolute Gasteiger partial charge is 0.491 e. The highest BCUT2D eigenvalue weighted by Gasteiger charge is 2.17. The molecule has 0 radical (unpaired) electrons. The molecule has 0 heterocycles. The molecule has 5 nitrogen and oxygen atoms in total. The van der Waals surface area contributed by atoms with Gasteiger partial charge in [0.25, 0.3) is 0 Å². The molecule has 0 aliphatic carbocycles. The van der Waals surface area contributed by atoms with Crippen molar-refractivity contribution in [3.05, 3.63) is 27.8 Å². The number of nitrogens with one attached hydrogen (secondary N) is 1. The van der Waals surface area contributed by atoms with Gasteiger partial charge in [0.05, 0.1) is 6.04 Å². The second kappa shape index (κ2) is 8.43. The lowest BCUT2D eigenvalue weighted by molar-refractivity contribution is -0.123. The first-order valence-corrected chi connectivity index (χ1v) is 7.57. The van der Waals surface area contributed by atoms with E-state index < -0.39 is 12.1 Å². The molecule has 1 rings (SSSR count). The molecule has 0 bridgehead atoms. The fourth-order valence-corrected chi connectivity index (χ4v) is 1.78. The molecule has 1 aromatic carbocycles. The Kier molecular flexibility index (Phi) is 7.25. The Balaban J connectivity index is 2.28. The predicted octanol–water partition coefficient (Wildman–Crippen LogP) is 1.13. The van der Waals surface area contributed by atoms with Crippen molar-refractivity contribution in [1.82, 2.24) is 5.32 Å². The molecule has 4 N–H and O–H groups in total. The van der Waals surface area contributed by atoms with Crippen LogP contribution in [0.1, 0.15) is 13.8 Å². The van der Waals surface area contributed by atoms with Crippen LogP contribution < -0.4 is 15.8 Å². The average Bonchev–Trinajstić information content (AvgIpc) is 2.43. The zero-order chi connectivity index (χ0) is 15.1. The molecular formula is C14H21IN2O3. The van der Waals surface area contributed by atoms with Crippen molar-refractivity contribution in [3.8, 4) is 5.75 Å². The molecule has 0 aromatic heterocycles. The van der Waals surface area contributed by atoms with Gasteiger partial charge in [-0.3, -0.25) is 4.79 Å². The molecule has 2 atom stereocenters. The van der Waals surface area contributed by atoms with E-state index in [1.807, 2.05) is 38.1 Å². The number of hydrogen-bond acceptors (Lipinski definition) is 4. The van der Waals surface area contributed by atoms with Crippen molar-refractivity contribution >= 4 is 28.5 Å². The minimum Gasteiger partial charge on any atom is -0.491 e. The van der Waals surface area contributed by atoms with Crippen LogP contribution in [0.4, 0.5) is 0 Å². The first-order valence-electron chi connectivity index (χ1n) is 6.50. The van der Waals surface area contributed by atoms with E-state index >= 15 is 0 Å². The molecule has 6 heteroatoms. The Morgan fingerprint density at radius 3 is 2.55 bits per heavy atom. The lowest BCUT2D eigenvalue weighted by Crippen LogP contribution is -2.46. The second-order valence-electron chi connectivity index (χ2n) is 4.93. The van der Waals surface area contributed by atoms with Crippen LogP contribution >= 0.6 is 22.6 Å². The van der Waals surface area contributed by atoms with Crippen molar-refractivity contribution in [2.45, 2.75) is 26.0 Å². The first kappa shape index (κ1) is 17.2. The number of aliphatic hydroxyl groups excluding tert-OH is 1. The normalized spacial score (nSPS) is 13.9. The third-order valence-corrected chi connectivity index (χ3v) is 3.51. The smallest absolute Gasteiger partial charge is 0.237 e. The Hall–Kier alpha value is -0.860. The van der Waals surface area contributed by atoms with E-state index in [4.69, 9.17) is 10.5 Å². The monoisotopic (exact) mass is 392 g/mol. The number of rotatable bonds is 7. The standard InChI is InChI=1S/C14H21IN2O3/c1-9(2)13(16)14(19)17-7-11(18)8-20-12-5-3-10(15)4-6-12/h3-6,9,11,13,18H,7-8,16H2,1-2H3,(H,17,19)/t11?,13-/m0/s1. The maximum Gasteiger partial charge on any atom is 0.237 e. The van der Waals surface area contributed by atoms with E-state index in [9.17, 15) is 9.90 Å². The molecule has 1 unspecified atom stereocenters. The lowest BCUT2D eigenvalue weighted by atomic mass is 10.1. The van der Waals surface area contributed by atoms with Crippen molar-refractivity contribution in [1.29, 1.82) is 0 Å². The number of ether oxygens (including phenoxy) is 1. The zero-order valence-electron chi connectivity index (χ0n) is 11.7. The molecule has 0 fully saturated rings. The van der Waals surface area contributed by atoms with Crippen molar-refractivity contribution in [3.63, 3.8) is 0 Å². The number of aliphatic hydroxyl groups is 1. The van der Waals surface area contributed by atoms with Crippen LogP contribution in [0.5, 0.6) is 5.75 Å². The molecule has 0 spiro atoms. The van der Waals surface area contributed by atoms with E-state index in [2.05, 4.69) is 27.9 Å². The van der Waals surface area contributed by atoms with Gasteiger partial charge in [0, 0.05) is 10.1 Å². The van der Waals surface area contributed by atoms with Crippen LogP contribution in [0, 0.1) is 9.49 Å². The van der Waals surface area contributed by atoms with Crippen LogP contribution in [0.15, 0.2) is 24.3 Å². The molecule has 0 aliphatic rings. The van der Waals surface area contributed by atoms with Gasteiger partial charge in [-0.25, -0.2) is 0 Å². The summed E-state index contributed by atoms with van der Waals surface area (Å²) in [5.74, 6) is 0.498.